The molecule has 0 radical (unpaired) electrons. The number of halogens is 3. The SMILES string of the molecule is CCOC(=O)/C=C/c1ccc(CN2C(=O)N(c3cccc(C(F)(F)F)c3)C(C)=C(C(=O)OCC)C2c2ccc(C#N)cc2)cc1. The summed E-state index contributed by atoms with van der Waals surface area (Å²) in [7, 11) is 0. The summed E-state index contributed by atoms with van der Waals surface area (Å²) in [6.07, 6.45) is -1.79. The molecule has 11 heteroatoms. The van der Waals surface area contributed by atoms with Gasteiger partial charge in [0.05, 0.1) is 47.7 Å². The number of esters is 2. The third kappa shape index (κ3) is 7.41. The number of allylic oxidation sites excluding steroid dienone is 1. The van der Waals surface area contributed by atoms with Crippen molar-refractivity contribution in [2.24, 2.45) is 0 Å². The lowest BCUT2D eigenvalue weighted by Crippen LogP contribution is -2.50. The fourth-order valence-electron chi connectivity index (χ4n) is 4.98. The van der Waals surface area contributed by atoms with Crippen molar-refractivity contribution in [3.05, 3.63) is 118 Å². The van der Waals surface area contributed by atoms with Gasteiger partial charge >= 0.3 is 24.1 Å². The van der Waals surface area contributed by atoms with E-state index in [2.05, 4.69) is 0 Å². The maximum absolute atomic E-state index is 14.3. The molecular formula is C34H30F3N3O5. The average molecular weight is 618 g/mol. The third-order valence-corrected chi connectivity index (χ3v) is 7.06. The van der Waals surface area contributed by atoms with Crippen LogP contribution in [0.2, 0.25) is 0 Å². The molecule has 0 bridgehead atoms. The van der Waals surface area contributed by atoms with Crippen molar-refractivity contribution in [3.8, 4) is 6.07 Å². The second-order valence-electron chi connectivity index (χ2n) is 9.98. The first kappa shape index (κ1) is 32.5. The number of carbonyl (C=O) groups is 3. The summed E-state index contributed by atoms with van der Waals surface area (Å²) in [5, 5.41) is 9.32. The van der Waals surface area contributed by atoms with E-state index in [4.69, 9.17) is 9.47 Å². The zero-order valence-electron chi connectivity index (χ0n) is 24.8. The first-order valence-electron chi connectivity index (χ1n) is 14.1. The molecule has 232 valence electrons. The highest BCUT2D eigenvalue weighted by atomic mass is 19.4. The predicted octanol–water partition coefficient (Wildman–Crippen LogP) is 7.17. The van der Waals surface area contributed by atoms with Crippen LogP contribution in [0.3, 0.4) is 0 Å². The summed E-state index contributed by atoms with van der Waals surface area (Å²) in [4.78, 5) is 42.0. The molecule has 0 spiro atoms. The largest absolute Gasteiger partial charge is 0.463 e. The predicted molar refractivity (Wildman–Crippen MR) is 160 cm³/mol. The van der Waals surface area contributed by atoms with Crippen LogP contribution < -0.4 is 4.90 Å². The van der Waals surface area contributed by atoms with E-state index >= 15 is 0 Å². The van der Waals surface area contributed by atoms with Gasteiger partial charge in [0.1, 0.15) is 0 Å². The molecule has 0 fully saturated rings. The molecule has 45 heavy (non-hydrogen) atoms. The molecule has 3 aromatic carbocycles. The molecule has 1 aliphatic heterocycles. The zero-order valence-corrected chi connectivity index (χ0v) is 24.8. The van der Waals surface area contributed by atoms with E-state index in [1.807, 2.05) is 6.07 Å². The van der Waals surface area contributed by atoms with Crippen molar-refractivity contribution in [2.75, 3.05) is 18.1 Å². The van der Waals surface area contributed by atoms with E-state index in [0.717, 1.165) is 17.0 Å². The summed E-state index contributed by atoms with van der Waals surface area (Å²) < 4.78 is 51.3. The van der Waals surface area contributed by atoms with Crippen LogP contribution >= 0.6 is 0 Å². The van der Waals surface area contributed by atoms with Gasteiger partial charge in [-0.3, -0.25) is 4.90 Å². The first-order chi connectivity index (χ1) is 21.5. The number of nitriles is 1. The zero-order chi connectivity index (χ0) is 32.7. The molecule has 0 saturated heterocycles. The van der Waals surface area contributed by atoms with Crippen molar-refractivity contribution in [1.29, 1.82) is 5.26 Å². The Bertz CT molecular complexity index is 1670. The lowest BCUT2D eigenvalue weighted by molar-refractivity contribution is -0.140. The van der Waals surface area contributed by atoms with E-state index in [1.165, 1.54) is 30.0 Å². The number of carbonyl (C=O) groups excluding carboxylic acids is 3. The normalized spacial score (nSPS) is 15.3. The number of alkyl halides is 3. The van der Waals surface area contributed by atoms with Crippen molar-refractivity contribution in [1.82, 2.24) is 4.90 Å². The van der Waals surface area contributed by atoms with Crippen LogP contribution in [-0.2, 0) is 31.8 Å². The van der Waals surface area contributed by atoms with Gasteiger partial charge in [-0.15, -0.1) is 0 Å². The van der Waals surface area contributed by atoms with Gasteiger partial charge in [0.2, 0.25) is 0 Å². The molecule has 1 aliphatic rings. The Balaban J connectivity index is 1.85. The van der Waals surface area contributed by atoms with Gasteiger partial charge in [0.15, 0.2) is 0 Å². The van der Waals surface area contributed by atoms with Gasteiger partial charge in [-0.2, -0.15) is 18.4 Å². The number of nitrogens with zero attached hydrogens (tertiary/aromatic N) is 3. The van der Waals surface area contributed by atoms with Gasteiger partial charge < -0.3 is 14.4 Å². The summed E-state index contributed by atoms with van der Waals surface area (Å²) in [5.41, 5.74) is 1.35. The van der Waals surface area contributed by atoms with Crippen molar-refractivity contribution in [2.45, 2.75) is 39.5 Å². The molecule has 0 aliphatic carbocycles. The number of urea groups is 1. The smallest absolute Gasteiger partial charge is 0.416 e. The van der Waals surface area contributed by atoms with Crippen molar-refractivity contribution >= 4 is 29.7 Å². The topological polar surface area (TPSA) is 99.9 Å². The number of anilines is 1. The highest BCUT2D eigenvalue weighted by Gasteiger charge is 2.43. The second kappa shape index (κ2) is 13.9. The van der Waals surface area contributed by atoms with Gasteiger partial charge in [-0.25, -0.2) is 14.4 Å². The number of benzene rings is 3. The molecule has 2 amide bonds. The van der Waals surface area contributed by atoms with E-state index in [-0.39, 0.29) is 36.7 Å². The quantitative estimate of drug-likeness (QED) is 0.186. The Morgan fingerprint density at radius 1 is 0.978 bits per heavy atom. The monoisotopic (exact) mass is 617 g/mol. The summed E-state index contributed by atoms with van der Waals surface area (Å²) in [6.45, 7) is 5.03. The third-order valence-electron chi connectivity index (χ3n) is 7.06. The van der Waals surface area contributed by atoms with Crippen LogP contribution in [0.15, 0.2) is 90.1 Å². The molecule has 1 heterocycles. The van der Waals surface area contributed by atoms with Crippen LogP contribution in [-0.4, -0.2) is 36.1 Å². The van der Waals surface area contributed by atoms with Gasteiger partial charge in [-0.1, -0.05) is 42.5 Å². The minimum absolute atomic E-state index is 0.0218. The molecule has 1 unspecified atom stereocenters. The van der Waals surface area contributed by atoms with Gasteiger partial charge in [0.25, 0.3) is 0 Å². The Hall–Kier alpha value is -5.37. The Labute approximate surface area is 258 Å². The number of amides is 2. The summed E-state index contributed by atoms with van der Waals surface area (Å²) in [6, 6.07) is 18.0. The lowest BCUT2D eigenvalue weighted by atomic mass is 9.91. The van der Waals surface area contributed by atoms with E-state index in [1.54, 1.807) is 68.5 Å². The Morgan fingerprint density at radius 2 is 1.64 bits per heavy atom. The molecule has 0 aromatic heterocycles. The fourth-order valence-corrected chi connectivity index (χ4v) is 4.98. The summed E-state index contributed by atoms with van der Waals surface area (Å²) in [5.74, 6) is -1.23. The van der Waals surface area contributed by atoms with Gasteiger partial charge in [-0.05, 0) is 73.9 Å². The molecule has 8 nitrogen and oxygen atoms in total. The van der Waals surface area contributed by atoms with Crippen LogP contribution in [0.25, 0.3) is 6.08 Å². The molecule has 4 rings (SSSR count). The standard InChI is InChI=1S/C34H30F3N3O5/c1-4-44-29(41)18-15-23-9-11-25(12-10-23)21-39-31(26-16-13-24(20-38)14-17-26)30(32(42)45-5-2)22(3)40(33(39)43)28-8-6-7-27(19-28)34(35,36)37/h6-19,31H,4-5,21H2,1-3H3/b18-15+. The van der Waals surface area contributed by atoms with Crippen LogP contribution in [0.1, 0.15) is 54.6 Å². The van der Waals surface area contributed by atoms with E-state index < -0.39 is 35.8 Å². The minimum atomic E-state index is -4.66. The molecule has 0 N–H and O–H groups in total. The second-order valence-corrected chi connectivity index (χ2v) is 9.98. The minimum Gasteiger partial charge on any atom is -0.463 e. The number of hydrogen-bond acceptors (Lipinski definition) is 6. The summed E-state index contributed by atoms with van der Waals surface area (Å²) >= 11 is 0. The maximum atomic E-state index is 14.3. The highest BCUT2D eigenvalue weighted by molar-refractivity contribution is 6.03. The van der Waals surface area contributed by atoms with Crippen molar-refractivity contribution < 1.29 is 37.0 Å². The number of hydrogen-bond donors (Lipinski definition) is 0. The molecule has 1 atom stereocenters. The molecular weight excluding hydrogens is 587 g/mol. The van der Waals surface area contributed by atoms with Crippen LogP contribution in [0, 0.1) is 11.3 Å². The van der Waals surface area contributed by atoms with Crippen molar-refractivity contribution in [3.63, 3.8) is 0 Å². The number of ether oxygens (including phenoxy) is 2. The Morgan fingerprint density at radius 3 is 2.24 bits per heavy atom. The number of rotatable bonds is 9. The van der Waals surface area contributed by atoms with Crippen LogP contribution in [0.4, 0.5) is 23.7 Å². The fraction of sp³-hybridized carbons (Fsp3) is 0.235. The highest BCUT2D eigenvalue weighted by Crippen LogP contribution is 2.42. The van der Waals surface area contributed by atoms with Gasteiger partial charge in [0, 0.05) is 18.3 Å². The molecule has 3 aromatic rings. The average Bonchev–Trinajstić information content (AvgIpc) is 3.02. The first-order valence-corrected chi connectivity index (χ1v) is 14.1. The lowest BCUT2D eigenvalue weighted by Gasteiger charge is -2.43. The van der Waals surface area contributed by atoms with E-state index in [0.29, 0.717) is 22.3 Å². The van der Waals surface area contributed by atoms with E-state index in [9.17, 15) is 32.8 Å². The maximum Gasteiger partial charge on any atom is 0.416 e. The molecule has 0 saturated carbocycles. The Kier molecular flexibility index (Phi) is 10.1. The van der Waals surface area contributed by atoms with Crippen LogP contribution in [0.5, 0.6) is 0 Å².